The van der Waals surface area contributed by atoms with Crippen LogP contribution in [0.5, 0.6) is 5.75 Å². The molecule has 1 aliphatic carbocycles. The van der Waals surface area contributed by atoms with Gasteiger partial charge in [0.25, 0.3) is 11.3 Å². The molecule has 0 amide bonds. The van der Waals surface area contributed by atoms with Crippen LogP contribution in [0, 0.1) is 11.3 Å². The third kappa shape index (κ3) is 3.68. The van der Waals surface area contributed by atoms with Gasteiger partial charge in [-0.05, 0) is 49.7 Å². The summed E-state index contributed by atoms with van der Waals surface area (Å²) in [5, 5.41) is 10.0. The van der Waals surface area contributed by atoms with E-state index in [1.165, 1.54) is 0 Å². The molecule has 0 bridgehead atoms. The molecule has 0 radical (unpaired) electrons. The highest BCUT2D eigenvalue weighted by molar-refractivity contribution is 7.80. The maximum absolute atomic E-state index is 13.7. The van der Waals surface area contributed by atoms with Crippen LogP contribution < -0.4 is 9.46 Å². The van der Waals surface area contributed by atoms with Crippen molar-refractivity contribution in [2.24, 2.45) is 0 Å². The highest BCUT2D eigenvalue weighted by atomic mass is 32.2. The summed E-state index contributed by atoms with van der Waals surface area (Å²) in [4.78, 5) is 19.3. The molecular formula is C25H26N4O4S. The van der Waals surface area contributed by atoms with Gasteiger partial charge in [0.1, 0.15) is 11.9 Å². The molecule has 0 spiro atoms. The van der Waals surface area contributed by atoms with E-state index in [9.17, 15) is 18.8 Å². The third-order valence-corrected chi connectivity index (χ3v) is 7.37. The lowest BCUT2D eigenvalue weighted by Gasteiger charge is -2.34. The molecule has 5 rings (SSSR count). The van der Waals surface area contributed by atoms with Crippen LogP contribution in [0.25, 0.3) is 10.9 Å². The molecule has 1 aromatic heterocycles. The summed E-state index contributed by atoms with van der Waals surface area (Å²) in [5.74, 6) is 0.292. The van der Waals surface area contributed by atoms with Gasteiger partial charge in [-0.3, -0.25) is 14.1 Å². The quantitative estimate of drug-likeness (QED) is 0.489. The molecular weight excluding hydrogens is 452 g/mol. The molecule has 34 heavy (non-hydrogen) atoms. The number of piperidine rings is 1. The molecule has 1 aliphatic heterocycles. The van der Waals surface area contributed by atoms with Crippen molar-refractivity contribution >= 4 is 33.6 Å². The first-order chi connectivity index (χ1) is 16.2. The standard InChI is InChI=1S/C25H26N4O4S/c1-25(2)18-12-21(33-15-6-8-29(3)9-7-15)20(28-34(31)32)11-17(18)23(30)22-16-5-4-14(13-26)10-19(16)27-24(22)25/h4-5,10-12,15,27-28H,6-9H2,1-3H3,(H,31,32). The Morgan fingerprint density at radius 1 is 1.26 bits per heavy atom. The van der Waals surface area contributed by atoms with E-state index in [-0.39, 0.29) is 11.9 Å². The number of likely N-dealkylation sites (tertiary alicyclic amines) is 1. The number of carbonyl (C=O) groups is 1. The first-order valence-electron chi connectivity index (χ1n) is 11.2. The number of hydrogen-bond donors (Lipinski definition) is 3. The minimum Gasteiger partial charge on any atom is -0.488 e. The molecule has 2 heterocycles. The van der Waals surface area contributed by atoms with Gasteiger partial charge in [0.05, 0.1) is 22.9 Å². The van der Waals surface area contributed by atoms with E-state index in [0.717, 1.165) is 48.1 Å². The Labute approximate surface area is 200 Å². The number of nitrogens with zero attached hydrogens (tertiary/aromatic N) is 2. The maximum atomic E-state index is 13.7. The van der Waals surface area contributed by atoms with Crippen molar-refractivity contribution in [3.8, 4) is 11.8 Å². The summed E-state index contributed by atoms with van der Waals surface area (Å²) in [6.07, 6.45) is 1.69. The van der Waals surface area contributed by atoms with Gasteiger partial charge in [-0.25, -0.2) is 4.21 Å². The Hall–Kier alpha value is -3.19. The van der Waals surface area contributed by atoms with E-state index in [1.54, 1.807) is 24.3 Å². The molecule has 3 aromatic rings. The molecule has 0 saturated carbocycles. The van der Waals surface area contributed by atoms with Crippen LogP contribution in [0.2, 0.25) is 0 Å². The van der Waals surface area contributed by atoms with Crippen LogP contribution in [-0.2, 0) is 16.7 Å². The summed E-state index contributed by atoms with van der Waals surface area (Å²) < 4.78 is 30.0. The molecule has 176 valence electrons. The number of ketones is 1. The summed E-state index contributed by atoms with van der Waals surface area (Å²) in [5.41, 5.74) is 3.60. The smallest absolute Gasteiger partial charge is 0.259 e. The van der Waals surface area contributed by atoms with Crippen LogP contribution in [0.15, 0.2) is 30.3 Å². The number of hydrogen-bond acceptors (Lipinski definition) is 5. The van der Waals surface area contributed by atoms with Crippen molar-refractivity contribution in [3.05, 3.63) is 58.3 Å². The van der Waals surface area contributed by atoms with E-state index >= 15 is 0 Å². The van der Waals surface area contributed by atoms with Gasteiger partial charge in [0.15, 0.2) is 5.78 Å². The zero-order valence-electron chi connectivity index (χ0n) is 19.3. The highest BCUT2D eigenvalue weighted by Crippen LogP contribution is 2.46. The van der Waals surface area contributed by atoms with E-state index in [2.05, 4.69) is 27.7 Å². The first kappa shape index (κ1) is 22.6. The Morgan fingerprint density at radius 3 is 2.68 bits per heavy atom. The maximum Gasteiger partial charge on any atom is 0.259 e. The fraction of sp³-hybridized carbons (Fsp3) is 0.360. The molecule has 1 fully saturated rings. The van der Waals surface area contributed by atoms with Gasteiger partial charge in [0, 0.05) is 40.7 Å². The SMILES string of the molecule is CN1CCC(Oc2cc3c(cc2NS(=O)O)C(=O)c2c([nH]c4cc(C#N)ccc24)C3(C)C)CC1. The predicted molar refractivity (Wildman–Crippen MR) is 131 cm³/mol. The molecule has 2 aromatic carbocycles. The Kier molecular flexibility index (Phi) is 5.47. The average molecular weight is 479 g/mol. The van der Waals surface area contributed by atoms with Gasteiger partial charge in [-0.15, -0.1) is 0 Å². The Bertz CT molecular complexity index is 1380. The topological polar surface area (TPSA) is 118 Å². The van der Waals surface area contributed by atoms with Crippen LogP contribution >= 0.6 is 0 Å². The van der Waals surface area contributed by atoms with Crippen molar-refractivity contribution in [2.75, 3.05) is 24.9 Å². The molecule has 8 nitrogen and oxygen atoms in total. The Morgan fingerprint density at radius 2 is 2.00 bits per heavy atom. The number of fused-ring (bicyclic) bond motifs is 4. The third-order valence-electron chi connectivity index (χ3n) is 6.97. The number of aromatic nitrogens is 1. The fourth-order valence-corrected chi connectivity index (χ4v) is 5.43. The average Bonchev–Trinajstić information content (AvgIpc) is 3.19. The lowest BCUT2D eigenvalue weighted by Crippen LogP contribution is -2.36. The number of H-pyrrole nitrogens is 1. The molecule has 3 N–H and O–H groups in total. The number of benzene rings is 2. The Balaban J connectivity index is 1.64. The van der Waals surface area contributed by atoms with Crippen LogP contribution in [0.1, 0.15) is 59.4 Å². The van der Waals surface area contributed by atoms with Gasteiger partial charge in [0.2, 0.25) is 0 Å². The van der Waals surface area contributed by atoms with E-state index in [1.807, 2.05) is 19.9 Å². The normalized spacial score (nSPS) is 18.7. The van der Waals surface area contributed by atoms with Crippen molar-refractivity contribution in [2.45, 2.75) is 38.2 Å². The second-order valence-corrected chi connectivity index (χ2v) is 10.3. The summed E-state index contributed by atoms with van der Waals surface area (Å²) in [6, 6.07) is 10.8. The van der Waals surface area contributed by atoms with Crippen molar-refractivity contribution in [1.82, 2.24) is 9.88 Å². The number of nitriles is 1. The molecule has 1 saturated heterocycles. The fourth-order valence-electron chi connectivity index (χ4n) is 5.08. The van der Waals surface area contributed by atoms with Gasteiger partial charge >= 0.3 is 0 Å². The summed E-state index contributed by atoms with van der Waals surface area (Å²) in [6.45, 7) is 5.90. The van der Waals surface area contributed by atoms with E-state index in [4.69, 9.17) is 4.74 Å². The van der Waals surface area contributed by atoms with Crippen molar-refractivity contribution in [1.29, 1.82) is 5.26 Å². The zero-order valence-corrected chi connectivity index (χ0v) is 20.1. The molecule has 1 atom stereocenters. The van der Waals surface area contributed by atoms with Crippen LogP contribution in [-0.4, -0.2) is 50.7 Å². The summed E-state index contributed by atoms with van der Waals surface area (Å²) in [7, 11) is 2.07. The van der Waals surface area contributed by atoms with E-state index in [0.29, 0.717) is 28.1 Å². The van der Waals surface area contributed by atoms with Gasteiger partial charge in [-0.2, -0.15) is 5.26 Å². The number of aromatic amines is 1. The second kappa shape index (κ2) is 8.24. The van der Waals surface area contributed by atoms with Crippen LogP contribution in [0.3, 0.4) is 0 Å². The minimum atomic E-state index is -2.32. The van der Waals surface area contributed by atoms with Gasteiger partial charge in [-0.1, -0.05) is 19.9 Å². The van der Waals surface area contributed by atoms with E-state index < -0.39 is 16.7 Å². The number of rotatable bonds is 4. The predicted octanol–water partition coefficient (Wildman–Crippen LogP) is 3.93. The van der Waals surface area contributed by atoms with Crippen LogP contribution in [0.4, 0.5) is 5.69 Å². The second-order valence-electron chi connectivity index (χ2n) is 9.57. The number of nitrogens with one attached hydrogen (secondary N) is 2. The first-order valence-corrected chi connectivity index (χ1v) is 12.3. The number of carbonyl (C=O) groups excluding carboxylic acids is 1. The largest absolute Gasteiger partial charge is 0.488 e. The van der Waals surface area contributed by atoms with Gasteiger partial charge < -0.3 is 14.6 Å². The minimum absolute atomic E-state index is 0.0163. The van der Waals surface area contributed by atoms with Crippen molar-refractivity contribution < 1.29 is 18.3 Å². The highest BCUT2D eigenvalue weighted by Gasteiger charge is 2.40. The number of anilines is 1. The molecule has 2 aliphatic rings. The van der Waals surface area contributed by atoms with Crippen molar-refractivity contribution in [3.63, 3.8) is 0 Å². The lowest BCUT2D eigenvalue weighted by molar-refractivity contribution is 0.103. The monoisotopic (exact) mass is 478 g/mol. The lowest BCUT2D eigenvalue weighted by atomic mass is 9.71. The summed E-state index contributed by atoms with van der Waals surface area (Å²) >= 11 is -2.32. The number of ether oxygens (including phenoxy) is 1. The zero-order chi connectivity index (χ0) is 24.2. The molecule has 9 heteroatoms. The molecule has 1 unspecified atom stereocenters.